The third-order valence-electron chi connectivity index (χ3n) is 3.54. The van der Waals surface area contributed by atoms with Crippen molar-refractivity contribution in [1.29, 1.82) is 0 Å². The number of rotatable bonds is 1. The minimum absolute atomic E-state index is 0.0718. The van der Waals surface area contributed by atoms with E-state index in [1.807, 2.05) is 36.4 Å². The summed E-state index contributed by atoms with van der Waals surface area (Å²) >= 11 is 9.64. The van der Waals surface area contributed by atoms with Gasteiger partial charge in [0.25, 0.3) is 5.91 Å². The van der Waals surface area contributed by atoms with Gasteiger partial charge >= 0.3 is 0 Å². The highest BCUT2D eigenvalue weighted by atomic mass is 79.9. The Kier molecular flexibility index (Phi) is 4.29. The van der Waals surface area contributed by atoms with E-state index in [0.29, 0.717) is 17.1 Å². The molecule has 2 aromatic rings. The van der Waals surface area contributed by atoms with Gasteiger partial charge in [-0.15, -0.1) is 0 Å². The van der Waals surface area contributed by atoms with Gasteiger partial charge in [-0.3, -0.25) is 4.79 Å². The normalized spacial score (nSPS) is 14.5. The van der Waals surface area contributed by atoms with Gasteiger partial charge in [-0.05, 0) is 39.7 Å². The smallest absolute Gasteiger partial charge is 0.259 e. The zero-order valence-corrected chi connectivity index (χ0v) is 13.6. The van der Waals surface area contributed by atoms with Crippen molar-refractivity contribution in [2.45, 2.75) is 6.54 Å². The molecule has 1 heterocycles. The second kappa shape index (κ2) is 6.18. The molecule has 1 N–H and O–H groups in total. The molecule has 0 bridgehead atoms. The van der Waals surface area contributed by atoms with Gasteiger partial charge in [0.1, 0.15) is 0 Å². The zero-order chi connectivity index (χ0) is 14.8. The van der Waals surface area contributed by atoms with Crippen LogP contribution in [0.15, 0.2) is 46.9 Å². The fourth-order valence-electron chi connectivity index (χ4n) is 2.48. The Bertz CT molecular complexity index is 690. The van der Waals surface area contributed by atoms with E-state index >= 15 is 0 Å². The number of benzene rings is 2. The standard InChI is InChI=1S/C16H14BrClN2O/c17-13-6-3-5-12(15(13)18)16(21)20-9-8-19-10-11-4-1-2-7-14(11)20/h1-7,19H,8-10H2. The zero-order valence-electron chi connectivity index (χ0n) is 11.3. The summed E-state index contributed by atoms with van der Waals surface area (Å²) in [7, 11) is 0. The number of hydrogen-bond acceptors (Lipinski definition) is 2. The van der Waals surface area contributed by atoms with Gasteiger partial charge in [0.15, 0.2) is 0 Å². The van der Waals surface area contributed by atoms with Crippen molar-refractivity contribution < 1.29 is 4.79 Å². The Balaban J connectivity index is 2.03. The largest absolute Gasteiger partial charge is 0.311 e. The van der Waals surface area contributed by atoms with Crippen LogP contribution in [0.25, 0.3) is 0 Å². The lowest BCUT2D eigenvalue weighted by Crippen LogP contribution is -2.34. The highest BCUT2D eigenvalue weighted by Gasteiger charge is 2.24. The summed E-state index contributed by atoms with van der Waals surface area (Å²) in [5.74, 6) is -0.0718. The molecule has 3 rings (SSSR count). The molecule has 21 heavy (non-hydrogen) atoms. The van der Waals surface area contributed by atoms with Gasteiger partial charge in [0.05, 0.1) is 10.6 Å². The molecule has 0 saturated carbocycles. The summed E-state index contributed by atoms with van der Waals surface area (Å²) in [6, 6.07) is 13.4. The topological polar surface area (TPSA) is 32.3 Å². The van der Waals surface area contributed by atoms with Crippen LogP contribution in [-0.4, -0.2) is 19.0 Å². The number of carbonyl (C=O) groups excluding carboxylic acids is 1. The van der Waals surface area contributed by atoms with Crippen LogP contribution in [-0.2, 0) is 6.54 Å². The fourth-order valence-corrected chi connectivity index (χ4v) is 3.06. The maximum absolute atomic E-state index is 12.9. The Labute approximate surface area is 137 Å². The van der Waals surface area contributed by atoms with E-state index in [4.69, 9.17) is 11.6 Å². The summed E-state index contributed by atoms with van der Waals surface area (Å²) < 4.78 is 0.733. The second-order valence-electron chi connectivity index (χ2n) is 4.86. The van der Waals surface area contributed by atoms with Crippen LogP contribution in [0.1, 0.15) is 15.9 Å². The third-order valence-corrected chi connectivity index (χ3v) is 4.83. The molecule has 2 aromatic carbocycles. The Hall–Kier alpha value is -1.36. The van der Waals surface area contributed by atoms with Crippen molar-refractivity contribution in [2.24, 2.45) is 0 Å². The Morgan fingerprint density at radius 2 is 2.00 bits per heavy atom. The second-order valence-corrected chi connectivity index (χ2v) is 6.10. The molecular weight excluding hydrogens is 352 g/mol. The van der Waals surface area contributed by atoms with Crippen molar-refractivity contribution >= 4 is 39.1 Å². The van der Waals surface area contributed by atoms with Gasteiger partial charge < -0.3 is 10.2 Å². The molecule has 0 aromatic heterocycles. The van der Waals surface area contributed by atoms with Crippen LogP contribution in [0.5, 0.6) is 0 Å². The van der Waals surface area contributed by atoms with E-state index < -0.39 is 0 Å². The molecule has 0 saturated heterocycles. The van der Waals surface area contributed by atoms with Gasteiger partial charge in [-0.1, -0.05) is 35.9 Å². The highest BCUT2D eigenvalue weighted by Crippen LogP contribution is 2.30. The third kappa shape index (κ3) is 2.84. The minimum Gasteiger partial charge on any atom is -0.311 e. The van der Waals surface area contributed by atoms with Gasteiger partial charge in [0.2, 0.25) is 0 Å². The average Bonchev–Trinajstić information content (AvgIpc) is 2.72. The highest BCUT2D eigenvalue weighted by molar-refractivity contribution is 9.10. The fraction of sp³-hybridized carbons (Fsp3) is 0.188. The molecule has 108 valence electrons. The molecule has 0 spiro atoms. The molecular formula is C16H14BrClN2O. The number of halogens is 2. The van der Waals surface area contributed by atoms with Gasteiger partial charge in [-0.2, -0.15) is 0 Å². The first-order valence-electron chi connectivity index (χ1n) is 6.73. The number of nitrogens with one attached hydrogen (secondary N) is 1. The molecule has 1 aliphatic rings. The van der Waals surface area contributed by atoms with Crippen LogP contribution >= 0.6 is 27.5 Å². The SMILES string of the molecule is O=C(c1cccc(Br)c1Cl)N1CCNCc2ccccc21. The first-order chi connectivity index (χ1) is 10.2. The van der Waals surface area contributed by atoms with Crippen molar-refractivity contribution in [2.75, 3.05) is 18.0 Å². The van der Waals surface area contributed by atoms with Crippen LogP contribution in [0.3, 0.4) is 0 Å². The first kappa shape index (κ1) is 14.6. The summed E-state index contributed by atoms with van der Waals surface area (Å²) in [4.78, 5) is 14.7. The summed E-state index contributed by atoms with van der Waals surface area (Å²) in [5.41, 5.74) is 2.58. The quantitative estimate of drug-likeness (QED) is 0.832. The maximum atomic E-state index is 12.9. The van der Waals surface area contributed by atoms with Crippen LogP contribution < -0.4 is 10.2 Å². The lowest BCUT2D eigenvalue weighted by atomic mass is 10.1. The molecule has 0 fully saturated rings. The van der Waals surface area contributed by atoms with E-state index in [1.165, 1.54) is 0 Å². The molecule has 5 heteroatoms. The number of hydrogen-bond donors (Lipinski definition) is 1. The minimum atomic E-state index is -0.0718. The average molecular weight is 366 g/mol. The van der Waals surface area contributed by atoms with Crippen molar-refractivity contribution in [3.8, 4) is 0 Å². The van der Waals surface area contributed by atoms with Crippen LogP contribution in [0, 0.1) is 0 Å². The molecule has 0 atom stereocenters. The van der Waals surface area contributed by atoms with Crippen LogP contribution in [0.2, 0.25) is 5.02 Å². The molecule has 0 radical (unpaired) electrons. The number of para-hydroxylation sites is 1. The van der Waals surface area contributed by atoms with Crippen LogP contribution in [0.4, 0.5) is 5.69 Å². The van der Waals surface area contributed by atoms with Crippen molar-refractivity contribution in [3.05, 3.63) is 63.1 Å². The molecule has 0 unspecified atom stereocenters. The number of anilines is 1. The summed E-state index contributed by atoms with van der Waals surface area (Å²) in [5, 5.41) is 3.79. The number of amides is 1. The summed E-state index contributed by atoms with van der Waals surface area (Å²) in [6.07, 6.45) is 0. The number of carbonyl (C=O) groups is 1. The lowest BCUT2D eigenvalue weighted by Gasteiger charge is -2.23. The number of nitrogens with zero attached hydrogens (tertiary/aromatic N) is 1. The van der Waals surface area contributed by atoms with E-state index in [0.717, 1.165) is 28.8 Å². The lowest BCUT2D eigenvalue weighted by molar-refractivity contribution is 0.0987. The summed E-state index contributed by atoms with van der Waals surface area (Å²) in [6.45, 7) is 2.15. The predicted molar refractivity (Wildman–Crippen MR) is 89.0 cm³/mol. The Morgan fingerprint density at radius 3 is 2.86 bits per heavy atom. The molecule has 3 nitrogen and oxygen atoms in total. The monoisotopic (exact) mass is 364 g/mol. The molecule has 0 aliphatic carbocycles. The first-order valence-corrected chi connectivity index (χ1v) is 7.90. The molecule has 1 amide bonds. The van der Waals surface area contributed by atoms with E-state index in [2.05, 4.69) is 21.2 Å². The molecule has 1 aliphatic heterocycles. The van der Waals surface area contributed by atoms with Gasteiger partial charge in [0, 0.05) is 29.8 Å². The van der Waals surface area contributed by atoms with Gasteiger partial charge in [-0.25, -0.2) is 0 Å². The van der Waals surface area contributed by atoms with E-state index in [9.17, 15) is 4.79 Å². The van der Waals surface area contributed by atoms with Crippen molar-refractivity contribution in [3.63, 3.8) is 0 Å². The predicted octanol–water partition coefficient (Wildman–Crippen LogP) is 3.85. The van der Waals surface area contributed by atoms with E-state index in [1.54, 1.807) is 11.0 Å². The van der Waals surface area contributed by atoms with Crippen molar-refractivity contribution in [1.82, 2.24) is 5.32 Å². The maximum Gasteiger partial charge on any atom is 0.259 e. The number of fused-ring (bicyclic) bond motifs is 1. The van der Waals surface area contributed by atoms with E-state index in [-0.39, 0.29) is 5.91 Å². The Morgan fingerprint density at radius 1 is 1.19 bits per heavy atom.